The molecule has 0 spiro atoms. The molecule has 2 aromatic rings. The fourth-order valence-electron chi connectivity index (χ4n) is 1.50. The highest BCUT2D eigenvalue weighted by molar-refractivity contribution is 6.30. The van der Waals surface area contributed by atoms with Gasteiger partial charge in [0.25, 0.3) is 0 Å². The molecule has 0 atom stereocenters. The Morgan fingerprint density at radius 1 is 0.952 bits per heavy atom. The molecule has 0 saturated heterocycles. The molecule has 5 heteroatoms. The van der Waals surface area contributed by atoms with E-state index in [-0.39, 0.29) is 5.57 Å². The third-order valence-electron chi connectivity index (χ3n) is 2.53. The summed E-state index contributed by atoms with van der Waals surface area (Å²) in [4.78, 5) is 0. The lowest BCUT2D eigenvalue weighted by molar-refractivity contribution is 0.483. The molecular formula is C16H10ClN3O. The van der Waals surface area contributed by atoms with Gasteiger partial charge in [0.15, 0.2) is 0 Å². The molecule has 2 aromatic carbocycles. The highest BCUT2D eigenvalue weighted by atomic mass is 35.5. The molecule has 0 aliphatic heterocycles. The number of ether oxygens (including phenoxy) is 1. The molecule has 0 aliphatic carbocycles. The summed E-state index contributed by atoms with van der Waals surface area (Å²) in [6.45, 7) is 0. The van der Waals surface area contributed by atoms with Gasteiger partial charge in [-0.1, -0.05) is 11.6 Å². The highest BCUT2D eigenvalue weighted by Crippen LogP contribution is 2.24. The second-order valence-electron chi connectivity index (χ2n) is 4.01. The maximum Gasteiger partial charge on any atom is 0.145 e. The fourth-order valence-corrected chi connectivity index (χ4v) is 1.63. The number of hydrogen-bond acceptors (Lipinski definition) is 4. The summed E-state index contributed by atoms with van der Waals surface area (Å²) >= 11 is 5.80. The van der Waals surface area contributed by atoms with E-state index in [0.29, 0.717) is 16.5 Å². The van der Waals surface area contributed by atoms with Gasteiger partial charge in [-0.3, -0.25) is 0 Å². The van der Waals surface area contributed by atoms with Crippen LogP contribution in [0.25, 0.3) is 0 Å². The molecule has 0 fully saturated rings. The normalized spacial score (nSPS) is 9.10. The molecule has 1 N–H and O–H groups in total. The predicted molar refractivity (Wildman–Crippen MR) is 80.9 cm³/mol. The van der Waals surface area contributed by atoms with Crippen LogP contribution in [-0.4, -0.2) is 0 Å². The predicted octanol–water partition coefficient (Wildman–Crippen LogP) is 4.48. The summed E-state index contributed by atoms with van der Waals surface area (Å²) < 4.78 is 5.65. The van der Waals surface area contributed by atoms with Crippen LogP contribution in [0.2, 0.25) is 5.02 Å². The van der Waals surface area contributed by atoms with E-state index in [0.717, 1.165) is 5.69 Å². The molecule has 102 valence electrons. The minimum atomic E-state index is 0.0106. The van der Waals surface area contributed by atoms with Crippen molar-refractivity contribution >= 4 is 17.3 Å². The van der Waals surface area contributed by atoms with Gasteiger partial charge in [0.1, 0.15) is 29.2 Å². The van der Waals surface area contributed by atoms with Crippen LogP contribution >= 0.6 is 11.6 Å². The summed E-state index contributed by atoms with van der Waals surface area (Å²) in [5.74, 6) is 1.36. The van der Waals surface area contributed by atoms with Crippen molar-refractivity contribution in [1.29, 1.82) is 10.5 Å². The Morgan fingerprint density at radius 2 is 1.48 bits per heavy atom. The van der Waals surface area contributed by atoms with E-state index in [1.807, 2.05) is 0 Å². The molecule has 0 unspecified atom stereocenters. The zero-order valence-electron chi connectivity index (χ0n) is 10.9. The fraction of sp³-hybridized carbons (Fsp3) is 0. The van der Waals surface area contributed by atoms with Gasteiger partial charge in [0.2, 0.25) is 0 Å². The lowest BCUT2D eigenvalue weighted by atomic mass is 10.3. The van der Waals surface area contributed by atoms with Gasteiger partial charge in [0, 0.05) is 16.9 Å². The average Bonchev–Trinajstić information content (AvgIpc) is 2.52. The Hall–Kier alpha value is -2.95. The van der Waals surface area contributed by atoms with Crippen molar-refractivity contribution in [2.24, 2.45) is 0 Å². The standard InChI is InChI=1S/C16H10ClN3O/c17-13-1-5-15(6-2-13)21-16-7-3-14(4-8-16)20-11-12(9-18)10-19/h1-8,11,20H. The van der Waals surface area contributed by atoms with Gasteiger partial charge in [0.05, 0.1) is 0 Å². The third-order valence-corrected chi connectivity index (χ3v) is 2.78. The van der Waals surface area contributed by atoms with Crippen molar-refractivity contribution in [3.63, 3.8) is 0 Å². The van der Waals surface area contributed by atoms with E-state index in [9.17, 15) is 0 Å². The van der Waals surface area contributed by atoms with Gasteiger partial charge in [-0.05, 0) is 48.5 Å². The first-order valence-electron chi connectivity index (χ1n) is 6.01. The van der Waals surface area contributed by atoms with E-state index in [2.05, 4.69) is 5.32 Å². The molecule has 0 aliphatic rings. The quantitative estimate of drug-likeness (QED) is 0.845. The largest absolute Gasteiger partial charge is 0.457 e. The van der Waals surface area contributed by atoms with Crippen molar-refractivity contribution in [2.75, 3.05) is 5.32 Å². The van der Waals surface area contributed by atoms with E-state index in [4.69, 9.17) is 26.9 Å². The molecule has 0 saturated carbocycles. The van der Waals surface area contributed by atoms with Crippen LogP contribution in [0.1, 0.15) is 0 Å². The molecule has 21 heavy (non-hydrogen) atoms. The molecule has 0 amide bonds. The maximum absolute atomic E-state index is 8.62. The van der Waals surface area contributed by atoms with Crippen LogP contribution in [0.3, 0.4) is 0 Å². The number of benzene rings is 2. The van der Waals surface area contributed by atoms with Crippen molar-refractivity contribution in [3.05, 3.63) is 65.3 Å². The van der Waals surface area contributed by atoms with Gasteiger partial charge in [-0.2, -0.15) is 10.5 Å². The zero-order valence-corrected chi connectivity index (χ0v) is 11.6. The SMILES string of the molecule is N#CC(C#N)=CNc1ccc(Oc2ccc(Cl)cc2)cc1. The Morgan fingerprint density at radius 3 is 2.00 bits per heavy atom. The smallest absolute Gasteiger partial charge is 0.145 e. The number of hydrogen-bond donors (Lipinski definition) is 1. The van der Waals surface area contributed by atoms with Crippen LogP contribution in [0, 0.1) is 22.7 Å². The second-order valence-corrected chi connectivity index (χ2v) is 4.44. The van der Waals surface area contributed by atoms with E-state index < -0.39 is 0 Å². The van der Waals surface area contributed by atoms with E-state index in [1.165, 1.54) is 6.20 Å². The monoisotopic (exact) mass is 295 g/mol. The van der Waals surface area contributed by atoms with Crippen LogP contribution in [-0.2, 0) is 0 Å². The molecule has 4 nitrogen and oxygen atoms in total. The minimum Gasteiger partial charge on any atom is -0.457 e. The van der Waals surface area contributed by atoms with Crippen molar-refractivity contribution < 1.29 is 4.74 Å². The van der Waals surface area contributed by atoms with E-state index in [1.54, 1.807) is 60.7 Å². The number of nitriles is 2. The van der Waals surface area contributed by atoms with Crippen LogP contribution < -0.4 is 10.1 Å². The lowest BCUT2D eigenvalue weighted by Crippen LogP contribution is -1.90. The first-order valence-corrected chi connectivity index (χ1v) is 6.39. The topological polar surface area (TPSA) is 68.8 Å². The molecule has 2 rings (SSSR count). The summed E-state index contributed by atoms with van der Waals surface area (Å²) in [7, 11) is 0. The first kappa shape index (κ1) is 14.5. The lowest BCUT2D eigenvalue weighted by Gasteiger charge is -2.07. The van der Waals surface area contributed by atoms with Crippen molar-refractivity contribution in [2.45, 2.75) is 0 Å². The van der Waals surface area contributed by atoms with Crippen LogP contribution in [0.15, 0.2) is 60.3 Å². The van der Waals surface area contributed by atoms with Crippen LogP contribution in [0.4, 0.5) is 5.69 Å². The highest BCUT2D eigenvalue weighted by Gasteiger charge is 1.98. The first-order chi connectivity index (χ1) is 10.2. The van der Waals surface area contributed by atoms with Crippen molar-refractivity contribution in [1.82, 2.24) is 0 Å². The number of allylic oxidation sites excluding steroid dienone is 1. The summed E-state index contributed by atoms with van der Waals surface area (Å²) in [5.41, 5.74) is 0.762. The molecule has 0 aromatic heterocycles. The van der Waals surface area contributed by atoms with Crippen LogP contribution in [0.5, 0.6) is 11.5 Å². The van der Waals surface area contributed by atoms with Gasteiger partial charge < -0.3 is 10.1 Å². The van der Waals surface area contributed by atoms with Gasteiger partial charge >= 0.3 is 0 Å². The summed E-state index contributed by atoms with van der Waals surface area (Å²) in [6, 6.07) is 17.7. The number of halogens is 1. The molecule has 0 radical (unpaired) electrons. The zero-order chi connectivity index (χ0) is 15.1. The Bertz CT molecular complexity index is 706. The minimum absolute atomic E-state index is 0.0106. The van der Waals surface area contributed by atoms with E-state index >= 15 is 0 Å². The maximum atomic E-state index is 8.62. The summed E-state index contributed by atoms with van der Waals surface area (Å²) in [5, 5.41) is 20.8. The van der Waals surface area contributed by atoms with Crippen molar-refractivity contribution in [3.8, 4) is 23.6 Å². The third kappa shape index (κ3) is 4.28. The Labute approximate surface area is 127 Å². The number of nitrogens with one attached hydrogen (secondary N) is 1. The molecule has 0 heterocycles. The summed E-state index contributed by atoms with van der Waals surface area (Å²) in [6.07, 6.45) is 1.36. The van der Waals surface area contributed by atoms with Gasteiger partial charge in [-0.25, -0.2) is 0 Å². The molecule has 0 bridgehead atoms. The second kappa shape index (κ2) is 7.00. The average molecular weight is 296 g/mol. The Balaban J connectivity index is 2.03. The van der Waals surface area contributed by atoms with Gasteiger partial charge in [-0.15, -0.1) is 0 Å². The number of nitrogens with zero attached hydrogens (tertiary/aromatic N) is 2. The number of rotatable bonds is 4. The number of anilines is 1. The Kier molecular flexibility index (Phi) is 4.82. The molecular weight excluding hydrogens is 286 g/mol.